The molecule has 0 saturated carbocycles. The lowest BCUT2D eigenvalue weighted by Gasteiger charge is -2.25. The minimum absolute atomic E-state index is 0.325. The van der Waals surface area contributed by atoms with Crippen molar-refractivity contribution >= 4 is 38.9 Å². The van der Waals surface area contributed by atoms with Gasteiger partial charge >= 0.3 is 5.97 Å². The average molecular weight is 412 g/mol. The van der Waals surface area contributed by atoms with Gasteiger partial charge in [0.15, 0.2) is 0 Å². The second-order valence-corrected chi connectivity index (χ2v) is 9.02. The topological polar surface area (TPSA) is 85.1 Å². The number of carbonyl (C=O) groups is 1. The molecular formula is C20H17N3O3S2. The first-order valence-electron chi connectivity index (χ1n) is 8.56. The number of fused-ring (bicyclic) bond motifs is 1. The van der Waals surface area contributed by atoms with Crippen molar-refractivity contribution in [2.45, 2.75) is 26.3 Å². The van der Waals surface area contributed by atoms with Crippen LogP contribution in [0.25, 0.3) is 32.0 Å². The highest BCUT2D eigenvalue weighted by Crippen LogP contribution is 2.39. The molecule has 0 spiro atoms. The first kappa shape index (κ1) is 18.5. The van der Waals surface area contributed by atoms with E-state index in [1.165, 1.54) is 29.8 Å². The molecule has 0 aromatic carbocycles. The van der Waals surface area contributed by atoms with E-state index in [0.717, 1.165) is 15.3 Å². The monoisotopic (exact) mass is 411 g/mol. The van der Waals surface area contributed by atoms with E-state index in [0.29, 0.717) is 21.6 Å². The van der Waals surface area contributed by atoms with Crippen LogP contribution in [0.15, 0.2) is 46.8 Å². The van der Waals surface area contributed by atoms with Crippen molar-refractivity contribution in [3.63, 3.8) is 0 Å². The van der Waals surface area contributed by atoms with Crippen LogP contribution in [0.2, 0.25) is 0 Å². The van der Waals surface area contributed by atoms with Crippen molar-refractivity contribution in [2.24, 2.45) is 0 Å². The lowest BCUT2D eigenvalue weighted by atomic mass is 10.0. The number of carboxylic acid groups (broad SMARTS) is 1. The molecule has 1 N–H and O–H groups in total. The Kier molecular flexibility index (Phi) is 4.40. The number of hydrogen-bond acceptors (Lipinski definition) is 6. The van der Waals surface area contributed by atoms with Crippen molar-refractivity contribution in [1.82, 2.24) is 14.5 Å². The van der Waals surface area contributed by atoms with E-state index in [2.05, 4.69) is 4.98 Å². The summed E-state index contributed by atoms with van der Waals surface area (Å²) in [5.74, 6) is -0.776. The largest absolute Gasteiger partial charge is 0.480 e. The Morgan fingerprint density at radius 1 is 1.21 bits per heavy atom. The molecule has 4 heterocycles. The summed E-state index contributed by atoms with van der Waals surface area (Å²) in [6.07, 6.45) is 3.20. The van der Waals surface area contributed by atoms with Gasteiger partial charge in [-0.25, -0.2) is 9.78 Å². The van der Waals surface area contributed by atoms with Gasteiger partial charge in [0.2, 0.25) is 0 Å². The smallest absolute Gasteiger partial charge is 0.329 e. The first-order chi connectivity index (χ1) is 13.3. The quantitative estimate of drug-likeness (QED) is 0.539. The number of thiophene rings is 2. The van der Waals surface area contributed by atoms with Crippen LogP contribution in [0.5, 0.6) is 0 Å². The van der Waals surface area contributed by atoms with Gasteiger partial charge in [-0.2, -0.15) is 0 Å². The van der Waals surface area contributed by atoms with Gasteiger partial charge in [-0.1, -0.05) is 6.07 Å². The van der Waals surface area contributed by atoms with Crippen LogP contribution in [0.3, 0.4) is 0 Å². The Morgan fingerprint density at radius 2 is 1.93 bits per heavy atom. The zero-order valence-electron chi connectivity index (χ0n) is 15.5. The summed E-state index contributed by atoms with van der Waals surface area (Å²) in [5.41, 5.74) is -0.341. The van der Waals surface area contributed by atoms with Crippen molar-refractivity contribution in [3.05, 3.63) is 57.3 Å². The number of nitrogens with zero attached hydrogens (tertiary/aromatic N) is 3. The number of aliphatic carboxylic acids is 1. The molecule has 0 fully saturated rings. The fourth-order valence-electron chi connectivity index (χ4n) is 3.19. The van der Waals surface area contributed by atoms with E-state index in [9.17, 15) is 14.7 Å². The van der Waals surface area contributed by atoms with E-state index in [1.807, 2.05) is 24.4 Å². The zero-order valence-corrected chi connectivity index (χ0v) is 17.1. The Morgan fingerprint density at radius 3 is 2.54 bits per heavy atom. The first-order valence-corrected chi connectivity index (χ1v) is 10.3. The zero-order chi connectivity index (χ0) is 20.1. The molecule has 0 aliphatic carbocycles. The number of pyridine rings is 1. The molecule has 0 aliphatic rings. The van der Waals surface area contributed by atoms with E-state index in [1.54, 1.807) is 35.9 Å². The summed E-state index contributed by atoms with van der Waals surface area (Å²) in [6, 6.07) is 7.34. The third kappa shape index (κ3) is 2.76. The van der Waals surface area contributed by atoms with Gasteiger partial charge in [0.25, 0.3) is 5.56 Å². The summed E-state index contributed by atoms with van der Waals surface area (Å²) in [7, 11) is 0. The third-order valence-corrected chi connectivity index (χ3v) is 6.58. The highest BCUT2D eigenvalue weighted by molar-refractivity contribution is 7.20. The number of rotatable bonds is 4. The van der Waals surface area contributed by atoms with Crippen molar-refractivity contribution in [1.29, 1.82) is 0 Å². The molecule has 0 atom stereocenters. The summed E-state index contributed by atoms with van der Waals surface area (Å²) < 4.78 is 1.29. The molecule has 0 unspecified atom stereocenters. The fourth-order valence-corrected chi connectivity index (χ4v) is 5.11. The maximum atomic E-state index is 13.7. The summed E-state index contributed by atoms with van der Waals surface area (Å²) in [5, 5.41) is 12.3. The van der Waals surface area contributed by atoms with Gasteiger partial charge in [-0.3, -0.25) is 14.3 Å². The lowest BCUT2D eigenvalue weighted by molar-refractivity contribution is -0.145. The minimum Gasteiger partial charge on any atom is -0.480 e. The van der Waals surface area contributed by atoms with Gasteiger partial charge < -0.3 is 5.11 Å². The second kappa shape index (κ2) is 6.65. The summed E-state index contributed by atoms with van der Waals surface area (Å²) in [6.45, 7) is 4.98. The standard InChI is InChI=1S/C20H17N3O3S2/c1-11-14(13-5-4-10-27-13)15-17(28-11)22-16(12-6-8-21-9-7-12)23(18(15)24)20(2,3)19(25)26/h4-10H,1-3H3,(H,25,26). The van der Waals surface area contributed by atoms with Crippen LogP contribution < -0.4 is 5.56 Å². The molecule has 142 valence electrons. The van der Waals surface area contributed by atoms with E-state index in [-0.39, 0.29) is 5.56 Å². The Bertz CT molecular complexity index is 1240. The third-order valence-electron chi connectivity index (χ3n) is 4.69. The average Bonchev–Trinajstić information content (AvgIpc) is 3.28. The molecule has 4 rings (SSSR count). The number of carboxylic acids is 1. The van der Waals surface area contributed by atoms with E-state index < -0.39 is 11.5 Å². The number of aromatic nitrogens is 3. The predicted molar refractivity (Wildman–Crippen MR) is 112 cm³/mol. The highest BCUT2D eigenvalue weighted by atomic mass is 32.1. The number of hydrogen-bond donors (Lipinski definition) is 1. The number of aryl methyl sites for hydroxylation is 1. The van der Waals surface area contributed by atoms with Crippen molar-refractivity contribution in [3.8, 4) is 21.8 Å². The van der Waals surface area contributed by atoms with Gasteiger partial charge in [0, 0.05) is 33.3 Å². The maximum absolute atomic E-state index is 13.7. The van der Waals surface area contributed by atoms with E-state index >= 15 is 0 Å². The van der Waals surface area contributed by atoms with E-state index in [4.69, 9.17) is 4.98 Å². The van der Waals surface area contributed by atoms with Crippen LogP contribution >= 0.6 is 22.7 Å². The van der Waals surface area contributed by atoms with Crippen LogP contribution in [-0.4, -0.2) is 25.6 Å². The molecule has 4 aromatic heterocycles. The molecule has 0 saturated heterocycles. The normalized spacial score (nSPS) is 11.8. The molecule has 0 aliphatic heterocycles. The molecule has 28 heavy (non-hydrogen) atoms. The van der Waals surface area contributed by atoms with Gasteiger partial charge in [0.1, 0.15) is 16.2 Å². The van der Waals surface area contributed by atoms with Crippen molar-refractivity contribution < 1.29 is 9.90 Å². The predicted octanol–water partition coefficient (Wildman–Crippen LogP) is 4.38. The van der Waals surface area contributed by atoms with Crippen LogP contribution in [0.4, 0.5) is 0 Å². The van der Waals surface area contributed by atoms with Crippen LogP contribution in [0, 0.1) is 6.92 Å². The Balaban J connectivity index is 2.17. The van der Waals surface area contributed by atoms with Crippen molar-refractivity contribution in [2.75, 3.05) is 0 Å². The van der Waals surface area contributed by atoms with Gasteiger partial charge in [0.05, 0.1) is 5.39 Å². The molecule has 6 nitrogen and oxygen atoms in total. The lowest BCUT2D eigenvalue weighted by Crippen LogP contribution is -2.44. The summed E-state index contributed by atoms with van der Waals surface area (Å²) in [4.78, 5) is 37.0. The second-order valence-electron chi connectivity index (χ2n) is 6.87. The van der Waals surface area contributed by atoms with Gasteiger partial charge in [-0.05, 0) is 44.4 Å². The fraction of sp³-hybridized carbons (Fsp3) is 0.200. The molecule has 0 amide bonds. The molecule has 8 heteroatoms. The molecule has 0 radical (unpaired) electrons. The molecular weight excluding hydrogens is 394 g/mol. The summed E-state index contributed by atoms with van der Waals surface area (Å²) >= 11 is 2.99. The Hall–Kier alpha value is -2.84. The van der Waals surface area contributed by atoms with Crippen LogP contribution in [-0.2, 0) is 10.3 Å². The molecule has 4 aromatic rings. The minimum atomic E-state index is -1.47. The maximum Gasteiger partial charge on any atom is 0.329 e. The Labute approximate surface area is 168 Å². The highest BCUT2D eigenvalue weighted by Gasteiger charge is 2.35. The SMILES string of the molecule is Cc1sc2nc(-c3ccncc3)n(C(C)(C)C(=O)O)c(=O)c2c1-c1cccs1. The molecule has 0 bridgehead atoms. The van der Waals surface area contributed by atoms with Gasteiger partial charge in [-0.15, -0.1) is 22.7 Å². The van der Waals surface area contributed by atoms with Crippen LogP contribution in [0.1, 0.15) is 18.7 Å².